The molecule has 0 spiro atoms. The Hall–Kier alpha value is -1.70. The van der Waals surface area contributed by atoms with Gasteiger partial charge in [0.05, 0.1) is 20.5 Å². The molecule has 1 aliphatic carbocycles. The highest BCUT2D eigenvalue weighted by molar-refractivity contribution is 6.48. The summed E-state index contributed by atoms with van der Waals surface area (Å²) in [5.41, 5.74) is 3.03. The molecule has 4 rings (SSSR count). The lowest BCUT2D eigenvalue weighted by atomic mass is 9.79. The van der Waals surface area contributed by atoms with Crippen LogP contribution in [0.3, 0.4) is 0 Å². The maximum atomic E-state index is 14.8. The van der Waals surface area contributed by atoms with Gasteiger partial charge in [0.1, 0.15) is 11.2 Å². The fourth-order valence-electron chi connectivity index (χ4n) is 4.39. The number of primary amides is 1. The first-order valence-electron chi connectivity index (χ1n) is 9.94. The van der Waals surface area contributed by atoms with Crippen molar-refractivity contribution in [1.29, 1.82) is 0 Å². The Kier molecular flexibility index (Phi) is 5.83. The molecule has 2 aromatic rings. The summed E-state index contributed by atoms with van der Waals surface area (Å²) in [7, 11) is 0. The largest absolute Gasteiger partial charge is 0.400 e. The summed E-state index contributed by atoms with van der Waals surface area (Å²) in [6.45, 7) is -0.365. The Labute approximate surface area is 197 Å². The van der Waals surface area contributed by atoms with Crippen molar-refractivity contribution in [2.45, 2.75) is 37.3 Å². The molecule has 10 heteroatoms. The second-order valence-corrected chi connectivity index (χ2v) is 9.79. The van der Waals surface area contributed by atoms with Crippen LogP contribution in [0.5, 0.6) is 0 Å². The van der Waals surface area contributed by atoms with Crippen molar-refractivity contribution in [1.82, 2.24) is 0 Å². The molecule has 2 aromatic carbocycles. The van der Waals surface area contributed by atoms with E-state index in [2.05, 4.69) is 0 Å². The van der Waals surface area contributed by atoms with E-state index in [0.717, 1.165) is 0 Å². The SMILES string of the molecule is NC(=O)C1(Cc2ccc(N3CC[C@](c4cc(Cl)c(Cl)c(Cl)c4)(C(F)(F)F)C3)cc2F)CC1. The Morgan fingerprint density at radius 3 is 2.19 bits per heavy atom. The van der Waals surface area contributed by atoms with Crippen LogP contribution >= 0.6 is 34.8 Å². The molecular formula is C22H19Cl3F4N2O. The second-order valence-electron chi connectivity index (χ2n) is 8.60. The summed E-state index contributed by atoms with van der Waals surface area (Å²) in [5.74, 6) is -1.03. The second kappa shape index (κ2) is 7.96. The quantitative estimate of drug-likeness (QED) is 0.380. The summed E-state index contributed by atoms with van der Waals surface area (Å²) in [6, 6.07) is 6.67. The number of anilines is 1. The van der Waals surface area contributed by atoms with Crippen LogP contribution < -0.4 is 10.6 Å². The van der Waals surface area contributed by atoms with Crippen LogP contribution in [-0.2, 0) is 16.6 Å². The molecule has 0 bridgehead atoms. The van der Waals surface area contributed by atoms with Gasteiger partial charge in [0.25, 0.3) is 0 Å². The summed E-state index contributed by atoms with van der Waals surface area (Å²) in [5, 5.41) is -0.128. The van der Waals surface area contributed by atoms with Gasteiger partial charge in [-0.05, 0) is 61.1 Å². The summed E-state index contributed by atoms with van der Waals surface area (Å²) >= 11 is 17.9. The molecule has 1 aliphatic heterocycles. The van der Waals surface area contributed by atoms with Crippen LogP contribution in [0.25, 0.3) is 0 Å². The van der Waals surface area contributed by atoms with Gasteiger partial charge in [0, 0.05) is 18.8 Å². The fourth-order valence-corrected chi connectivity index (χ4v) is 4.99. The minimum absolute atomic E-state index is 0.00804. The molecule has 2 fully saturated rings. The molecule has 1 amide bonds. The van der Waals surface area contributed by atoms with Crippen molar-refractivity contribution in [2.75, 3.05) is 18.0 Å². The average Bonchev–Trinajstić information content (AvgIpc) is 3.34. The third-order valence-electron chi connectivity index (χ3n) is 6.66. The van der Waals surface area contributed by atoms with Crippen molar-refractivity contribution >= 4 is 46.4 Å². The standard InChI is InChI=1S/C22H19Cl3F4N2O/c23-15-7-13(8-16(24)18(15)25)21(22(27,28)29)5-6-31(11-21)14-2-1-12(17(26)9-14)10-20(3-4-20)19(30)32/h1-2,7-9H,3-6,10-11H2,(H2,30,32)/t21-/m0/s1. The monoisotopic (exact) mass is 508 g/mol. The van der Waals surface area contributed by atoms with E-state index < -0.39 is 35.3 Å². The normalized spacial score (nSPS) is 22.3. The van der Waals surface area contributed by atoms with Gasteiger partial charge >= 0.3 is 6.18 Å². The molecule has 0 unspecified atom stereocenters. The van der Waals surface area contributed by atoms with Crippen LogP contribution in [0.15, 0.2) is 30.3 Å². The van der Waals surface area contributed by atoms with Crippen molar-refractivity contribution in [2.24, 2.45) is 11.1 Å². The van der Waals surface area contributed by atoms with Gasteiger partial charge in [-0.25, -0.2) is 4.39 Å². The van der Waals surface area contributed by atoms with Crippen molar-refractivity contribution in [3.8, 4) is 0 Å². The van der Waals surface area contributed by atoms with Crippen molar-refractivity contribution in [3.63, 3.8) is 0 Å². The molecule has 1 saturated carbocycles. The zero-order chi connectivity index (χ0) is 23.5. The minimum Gasteiger partial charge on any atom is -0.370 e. The third-order valence-corrected chi connectivity index (χ3v) is 7.85. The van der Waals surface area contributed by atoms with Crippen LogP contribution in [0.1, 0.15) is 30.4 Å². The first-order chi connectivity index (χ1) is 14.9. The van der Waals surface area contributed by atoms with E-state index in [1.807, 2.05) is 0 Å². The number of halogens is 7. The number of hydrogen-bond donors (Lipinski definition) is 1. The lowest BCUT2D eigenvalue weighted by Gasteiger charge is -2.33. The smallest absolute Gasteiger partial charge is 0.370 e. The van der Waals surface area contributed by atoms with Crippen molar-refractivity contribution < 1.29 is 22.4 Å². The topological polar surface area (TPSA) is 46.3 Å². The molecule has 3 nitrogen and oxygen atoms in total. The van der Waals surface area contributed by atoms with Crippen LogP contribution in [0.4, 0.5) is 23.2 Å². The number of amides is 1. The zero-order valence-corrected chi connectivity index (χ0v) is 19.0. The fraction of sp³-hybridized carbons (Fsp3) is 0.409. The zero-order valence-electron chi connectivity index (χ0n) is 16.7. The highest BCUT2D eigenvalue weighted by Gasteiger charge is 2.59. The van der Waals surface area contributed by atoms with E-state index >= 15 is 0 Å². The van der Waals surface area contributed by atoms with Crippen LogP contribution in [0.2, 0.25) is 15.1 Å². The van der Waals surface area contributed by atoms with E-state index in [-0.39, 0.29) is 40.0 Å². The first-order valence-corrected chi connectivity index (χ1v) is 11.1. The Balaban J connectivity index is 1.63. The third kappa shape index (κ3) is 3.93. The van der Waals surface area contributed by atoms with Gasteiger partial charge in [-0.2, -0.15) is 13.2 Å². The molecule has 1 saturated heterocycles. The maximum absolute atomic E-state index is 14.8. The Morgan fingerprint density at radius 1 is 1.06 bits per heavy atom. The molecular weight excluding hydrogens is 491 g/mol. The number of nitrogens with two attached hydrogens (primary N) is 1. The van der Waals surface area contributed by atoms with E-state index in [9.17, 15) is 22.4 Å². The Bertz CT molecular complexity index is 1060. The minimum atomic E-state index is -4.60. The van der Waals surface area contributed by atoms with Gasteiger partial charge in [-0.15, -0.1) is 0 Å². The van der Waals surface area contributed by atoms with E-state index in [4.69, 9.17) is 40.5 Å². The predicted octanol–water partition coefficient (Wildman–Crippen LogP) is 6.30. The predicted molar refractivity (Wildman–Crippen MR) is 117 cm³/mol. The van der Waals surface area contributed by atoms with Gasteiger partial charge in [0.2, 0.25) is 5.91 Å². The van der Waals surface area contributed by atoms with E-state index in [1.54, 1.807) is 6.07 Å². The number of nitrogens with zero attached hydrogens (tertiary/aromatic N) is 1. The van der Waals surface area contributed by atoms with Crippen molar-refractivity contribution in [3.05, 3.63) is 62.3 Å². The number of alkyl halides is 3. The summed E-state index contributed by atoms with van der Waals surface area (Å²) in [4.78, 5) is 13.1. The molecule has 172 valence electrons. The molecule has 0 radical (unpaired) electrons. The number of carbonyl (C=O) groups excluding carboxylic acids is 1. The molecule has 0 aromatic heterocycles. The highest BCUT2D eigenvalue weighted by Crippen LogP contribution is 2.51. The van der Waals surface area contributed by atoms with E-state index in [0.29, 0.717) is 24.1 Å². The maximum Gasteiger partial charge on any atom is 0.400 e. The summed E-state index contributed by atoms with van der Waals surface area (Å²) < 4.78 is 57.7. The molecule has 1 heterocycles. The van der Waals surface area contributed by atoms with Gasteiger partial charge < -0.3 is 10.6 Å². The average molecular weight is 510 g/mol. The van der Waals surface area contributed by atoms with Crippen LogP contribution in [0, 0.1) is 11.2 Å². The van der Waals surface area contributed by atoms with Gasteiger partial charge in [0.15, 0.2) is 0 Å². The van der Waals surface area contributed by atoms with E-state index in [1.165, 1.54) is 29.2 Å². The lowest BCUT2D eigenvalue weighted by Crippen LogP contribution is -2.45. The molecule has 2 N–H and O–H groups in total. The first kappa shape index (κ1) is 23.5. The highest BCUT2D eigenvalue weighted by atomic mass is 35.5. The lowest BCUT2D eigenvalue weighted by molar-refractivity contribution is -0.184. The molecule has 32 heavy (non-hydrogen) atoms. The van der Waals surface area contributed by atoms with Crippen LogP contribution in [-0.4, -0.2) is 25.2 Å². The van der Waals surface area contributed by atoms with Gasteiger partial charge in [-0.1, -0.05) is 40.9 Å². The molecule has 1 atom stereocenters. The summed E-state index contributed by atoms with van der Waals surface area (Å²) in [6.07, 6.45) is -3.45. The number of hydrogen-bond acceptors (Lipinski definition) is 2. The number of rotatable bonds is 5. The number of benzene rings is 2. The Morgan fingerprint density at radius 2 is 1.69 bits per heavy atom. The number of carbonyl (C=O) groups is 1. The molecule has 2 aliphatic rings. The van der Waals surface area contributed by atoms with Gasteiger partial charge in [-0.3, -0.25) is 4.79 Å².